The molecule has 17 heavy (non-hydrogen) atoms. The van der Waals surface area contributed by atoms with Crippen LogP contribution in [0.4, 0.5) is 5.69 Å². The highest BCUT2D eigenvalue weighted by atomic mass is 35.5. The largest absolute Gasteiger partial charge is 0.396 e. The summed E-state index contributed by atoms with van der Waals surface area (Å²) in [4.78, 5) is 9.76. The van der Waals surface area contributed by atoms with Gasteiger partial charge in [-0.15, -0.1) is 11.3 Å². The summed E-state index contributed by atoms with van der Waals surface area (Å²) >= 11 is 6.17. The van der Waals surface area contributed by atoms with Gasteiger partial charge in [0.25, 0.3) is 5.69 Å². The molecule has 0 radical (unpaired) electrons. The first-order valence-corrected chi connectivity index (χ1v) is 7.10. The van der Waals surface area contributed by atoms with E-state index in [-0.39, 0.29) is 28.1 Å². The summed E-state index contributed by atoms with van der Waals surface area (Å²) in [6.07, 6.45) is 0.264. The third-order valence-corrected chi connectivity index (χ3v) is 5.01. The van der Waals surface area contributed by atoms with E-state index in [2.05, 4.69) is 4.72 Å². The average Bonchev–Trinajstić information content (AvgIpc) is 2.61. The van der Waals surface area contributed by atoms with Crippen molar-refractivity contribution in [2.75, 3.05) is 13.2 Å². The molecule has 10 heteroatoms. The van der Waals surface area contributed by atoms with Crippen LogP contribution in [0.3, 0.4) is 0 Å². The molecule has 7 nitrogen and oxygen atoms in total. The van der Waals surface area contributed by atoms with Gasteiger partial charge in [0.15, 0.2) is 4.34 Å². The molecular weight excluding hydrogens is 292 g/mol. The van der Waals surface area contributed by atoms with Crippen molar-refractivity contribution in [3.63, 3.8) is 0 Å². The van der Waals surface area contributed by atoms with E-state index < -0.39 is 20.6 Å². The molecule has 0 aromatic carbocycles. The number of aliphatic hydroxyl groups is 1. The summed E-state index contributed by atoms with van der Waals surface area (Å²) in [5.74, 6) is 0. The van der Waals surface area contributed by atoms with E-state index >= 15 is 0 Å². The second-order valence-corrected chi connectivity index (χ2v) is 6.60. The molecule has 0 unspecified atom stereocenters. The molecule has 0 aliphatic carbocycles. The Morgan fingerprint density at radius 2 is 2.24 bits per heavy atom. The predicted octanol–water partition coefficient (Wildman–Crippen LogP) is 0.970. The van der Waals surface area contributed by atoms with E-state index in [0.717, 1.165) is 6.07 Å². The molecule has 2 N–H and O–H groups in total. The Balaban J connectivity index is 2.92. The van der Waals surface area contributed by atoms with Gasteiger partial charge in [-0.3, -0.25) is 10.1 Å². The van der Waals surface area contributed by atoms with Crippen molar-refractivity contribution < 1.29 is 18.4 Å². The maximum absolute atomic E-state index is 11.6. The number of hydrogen-bond donors (Lipinski definition) is 2. The van der Waals surface area contributed by atoms with Crippen molar-refractivity contribution in [2.45, 2.75) is 10.6 Å². The van der Waals surface area contributed by atoms with Crippen LogP contribution >= 0.6 is 22.9 Å². The summed E-state index contributed by atoms with van der Waals surface area (Å²) in [6, 6.07) is 0.911. The quantitative estimate of drug-likeness (QED) is 0.462. The number of sulfonamides is 1. The summed E-state index contributed by atoms with van der Waals surface area (Å²) in [7, 11) is -3.80. The van der Waals surface area contributed by atoms with Crippen LogP contribution in [0.5, 0.6) is 0 Å². The number of nitro groups is 1. The zero-order chi connectivity index (χ0) is 13.1. The molecule has 0 spiro atoms. The van der Waals surface area contributed by atoms with Crippen LogP contribution in [0.15, 0.2) is 10.3 Å². The average molecular weight is 301 g/mol. The number of hydrogen-bond acceptors (Lipinski definition) is 6. The molecule has 0 aliphatic heterocycles. The van der Waals surface area contributed by atoms with Crippen molar-refractivity contribution >= 4 is 38.6 Å². The molecular formula is C7H9ClN2O5S2. The molecule has 1 rings (SSSR count). The summed E-state index contributed by atoms with van der Waals surface area (Å²) < 4.78 is 25.1. The third-order valence-electron chi connectivity index (χ3n) is 1.73. The normalized spacial score (nSPS) is 11.6. The molecule has 1 aromatic heterocycles. The first-order chi connectivity index (χ1) is 7.88. The Morgan fingerprint density at radius 1 is 1.59 bits per heavy atom. The second-order valence-electron chi connectivity index (χ2n) is 2.96. The first kappa shape index (κ1) is 14.3. The predicted molar refractivity (Wildman–Crippen MR) is 62.9 cm³/mol. The van der Waals surface area contributed by atoms with Crippen molar-refractivity contribution in [1.29, 1.82) is 0 Å². The van der Waals surface area contributed by atoms with Crippen LogP contribution in [-0.4, -0.2) is 31.6 Å². The zero-order valence-electron chi connectivity index (χ0n) is 8.42. The van der Waals surface area contributed by atoms with E-state index in [1.165, 1.54) is 0 Å². The van der Waals surface area contributed by atoms with Gasteiger partial charge in [-0.1, -0.05) is 11.6 Å². The highest BCUT2D eigenvalue weighted by Crippen LogP contribution is 2.35. The van der Waals surface area contributed by atoms with Gasteiger partial charge in [-0.25, -0.2) is 13.1 Å². The molecule has 0 fully saturated rings. The molecule has 0 bridgehead atoms. The fraction of sp³-hybridized carbons (Fsp3) is 0.429. The van der Waals surface area contributed by atoms with Crippen molar-refractivity contribution in [2.24, 2.45) is 0 Å². The second kappa shape index (κ2) is 5.74. The maximum atomic E-state index is 11.6. The Bertz CT molecular complexity index is 512. The summed E-state index contributed by atoms with van der Waals surface area (Å²) in [5, 5.41) is 19.0. The number of nitrogens with zero attached hydrogens (tertiary/aromatic N) is 1. The molecule has 1 aromatic rings. The highest BCUT2D eigenvalue weighted by molar-refractivity contribution is 7.91. The lowest BCUT2D eigenvalue weighted by molar-refractivity contribution is -0.384. The SMILES string of the molecule is O=[N+]([O-])c1cc(S(=O)(=O)NCCCO)sc1Cl. The topological polar surface area (TPSA) is 110 Å². The Kier molecular flexibility index (Phi) is 4.83. The number of thiophene rings is 1. The van der Waals surface area contributed by atoms with Gasteiger partial charge in [-0.2, -0.15) is 0 Å². The van der Waals surface area contributed by atoms with E-state index in [0.29, 0.717) is 11.3 Å². The lowest BCUT2D eigenvalue weighted by Gasteiger charge is -2.01. The van der Waals surface area contributed by atoms with E-state index in [1.54, 1.807) is 0 Å². The lowest BCUT2D eigenvalue weighted by atomic mass is 10.5. The molecule has 0 amide bonds. The molecule has 1 heterocycles. The van der Waals surface area contributed by atoms with Gasteiger partial charge < -0.3 is 5.11 Å². The van der Waals surface area contributed by atoms with Crippen LogP contribution in [0.1, 0.15) is 6.42 Å². The lowest BCUT2D eigenvalue weighted by Crippen LogP contribution is -2.24. The first-order valence-electron chi connectivity index (χ1n) is 4.42. The number of nitrogens with one attached hydrogen (secondary N) is 1. The van der Waals surface area contributed by atoms with Crippen molar-refractivity contribution in [3.05, 3.63) is 20.5 Å². The van der Waals surface area contributed by atoms with E-state index in [4.69, 9.17) is 16.7 Å². The summed E-state index contributed by atoms with van der Waals surface area (Å²) in [6.45, 7) is -0.0873. The monoisotopic (exact) mass is 300 g/mol. The maximum Gasteiger partial charge on any atom is 0.300 e. The minimum atomic E-state index is -3.80. The van der Waals surface area contributed by atoms with Gasteiger partial charge in [0.05, 0.1) is 4.92 Å². The van der Waals surface area contributed by atoms with Crippen LogP contribution in [0, 0.1) is 10.1 Å². The molecule has 0 saturated carbocycles. The summed E-state index contributed by atoms with van der Waals surface area (Å²) in [5.41, 5.74) is -0.431. The van der Waals surface area contributed by atoms with Gasteiger partial charge in [-0.05, 0) is 6.42 Å². The van der Waals surface area contributed by atoms with Crippen LogP contribution in [-0.2, 0) is 10.0 Å². The van der Waals surface area contributed by atoms with Crippen LogP contribution < -0.4 is 4.72 Å². The van der Waals surface area contributed by atoms with Gasteiger partial charge in [0.2, 0.25) is 10.0 Å². The Labute approximate surface area is 106 Å². The molecule has 0 aliphatic rings. The smallest absolute Gasteiger partial charge is 0.300 e. The molecule has 0 atom stereocenters. The fourth-order valence-electron chi connectivity index (χ4n) is 0.952. The number of aliphatic hydroxyl groups excluding tert-OH is 1. The van der Waals surface area contributed by atoms with Gasteiger partial charge in [0, 0.05) is 19.2 Å². The molecule has 96 valence electrons. The van der Waals surface area contributed by atoms with Crippen LogP contribution in [0.25, 0.3) is 0 Å². The van der Waals surface area contributed by atoms with E-state index in [9.17, 15) is 18.5 Å². The van der Waals surface area contributed by atoms with Crippen molar-refractivity contribution in [1.82, 2.24) is 4.72 Å². The standard InChI is InChI=1S/C7H9ClN2O5S2/c8-7-5(10(12)13)4-6(16-7)17(14,15)9-2-1-3-11/h4,9,11H,1-3H2. The van der Waals surface area contributed by atoms with Gasteiger partial charge >= 0.3 is 0 Å². The van der Waals surface area contributed by atoms with Crippen LogP contribution in [0.2, 0.25) is 4.34 Å². The minimum Gasteiger partial charge on any atom is -0.396 e. The Morgan fingerprint density at radius 3 is 2.71 bits per heavy atom. The van der Waals surface area contributed by atoms with Crippen molar-refractivity contribution in [3.8, 4) is 0 Å². The number of rotatable bonds is 6. The third kappa shape index (κ3) is 3.61. The zero-order valence-corrected chi connectivity index (χ0v) is 10.8. The van der Waals surface area contributed by atoms with Gasteiger partial charge in [0.1, 0.15) is 4.21 Å². The highest BCUT2D eigenvalue weighted by Gasteiger charge is 2.24. The number of halogens is 1. The molecule has 0 saturated heterocycles. The fourth-order valence-corrected chi connectivity index (χ4v) is 3.74. The minimum absolute atomic E-state index is 0.0577. The Hall–Kier alpha value is -0.740. The van der Waals surface area contributed by atoms with E-state index in [1.807, 2.05) is 0 Å².